The molecule has 2 aromatic carbocycles. The summed E-state index contributed by atoms with van der Waals surface area (Å²) in [5.74, 6) is -0.370. The van der Waals surface area contributed by atoms with Crippen molar-refractivity contribution < 1.29 is 28.5 Å². The summed E-state index contributed by atoms with van der Waals surface area (Å²) in [5.41, 5.74) is 1.41. The van der Waals surface area contributed by atoms with Crippen LogP contribution >= 0.6 is 15.9 Å². The molecule has 0 aliphatic rings. The predicted molar refractivity (Wildman–Crippen MR) is 113 cm³/mol. The summed E-state index contributed by atoms with van der Waals surface area (Å²) >= 11 is 3.38. The Morgan fingerprint density at radius 3 is 2.50 bits per heavy atom. The fourth-order valence-electron chi connectivity index (χ4n) is 2.38. The zero-order valence-electron chi connectivity index (χ0n) is 16.7. The van der Waals surface area contributed by atoms with Crippen LogP contribution < -0.4 is 14.2 Å². The average Bonchev–Trinajstić information content (AvgIpc) is 2.72. The van der Waals surface area contributed by atoms with Crippen LogP contribution in [-0.4, -0.2) is 32.3 Å². The highest BCUT2D eigenvalue weighted by molar-refractivity contribution is 9.10. The van der Waals surface area contributed by atoms with Crippen LogP contribution in [0.4, 0.5) is 0 Å². The highest BCUT2D eigenvalue weighted by atomic mass is 79.9. The summed E-state index contributed by atoms with van der Waals surface area (Å²) in [6, 6.07) is 11.9. The molecule has 0 spiro atoms. The third kappa shape index (κ3) is 6.36. The number of nitrogens with zero attached hydrogens (tertiary/aromatic N) is 1. The molecule has 2 aromatic rings. The Bertz CT molecular complexity index is 1010. The zero-order valence-corrected chi connectivity index (χ0v) is 18.3. The van der Waals surface area contributed by atoms with Gasteiger partial charge in [-0.05, 0) is 71.2 Å². The van der Waals surface area contributed by atoms with Crippen molar-refractivity contribution in [1.82, 2.24) is 0 Å². The van der Waals surface area contributed by atoms with E-state index >= 15 is 0 Å². The number of carbonyl (C=O) groups is 2. The maximum atomic E-state index is 12.2. The fraction of sp³-hybridized carbons (Fsp3) is 0.227. The monoisotopic (exact) mass is 473 g/mol. The number of halogens is 1. The van der Waals surface area contributed by atoms with Gasteiger partial charge in [0.05, 0.1) is 18.2 Å². The fourth-order valence-corrected chi connectivity index (χ4v) is 2.99. The first-order valence-electron chi connectivity index (χ1n) is 8.94. The van der Waals surface area contributed by atoms with Gasteiger partial charge in [-0.1, -0.05) is 12.1 Å². The van der Waals surface area contributed by atoms with Crippen LogP contribution in [0, 0.1) is 18.3 Å². The molecule has 30 heavy (non-hydrogen) atoms. The third-order valence-electron chi connectivity index (χ3n) is 3.77. The number of nitriles is 1. The van der Waals surface area contributed by atoms with Crippen molar-refractivity contribution in [1.29, 1.82) is 5.26 Å². The highest BCUT2D eigenvalue weighted by Crippen LogP contribution is 2.30. The Morgan fingerprint density at radius 2 is 1.87 bits per heavy atom. The Labute approximate surface area is 182 Å². The van der Waals surface area contributed by atoms with E-state index in [2.05, 4.69) is 15.9 Å². The van der Waals surface area contributed by atoms with E-state index in [0.29, 0.717) is 11.3 Å². The third-order valence-corrected chi connectivity index (χ3v) is 4.39. The number of esters is 2. The first-order valence-corrected chi connectivity index (χ1v) is 9.73. The van der Waals surface area contributed by atoms with E-state index in [1.54, 1.807) is 25.1 Å². The largest absolute Gasteiger partial charge is 0.493 e. The van der Waals surface area contributed by atoms with E-state index in [9.17, 15) is 9.59 Å². The molecule has 0 aromatic heterocycles. The van der Waals surface area contributed by atoms with Crippen LogP contribution in [0.2, 0.25) is 0 Å². The summed E-state index contributed by atoms with van der Waals surface area (Å²) in [7, 11) is 1.41. The van der Waals surface area contributed by atoms with Gasteiger partial charge >= 0.3 is 11.9 Å². The molecular weight excluding hydrogens is 454 g/mol. The van der Waals surface area contributed by atoms with Crippen LogP contribution in [0.25, 0.3) is 6.08 Å². The highest BCUT2D eigenvalue weighted by Gasteiger charge is 2.14. The topological polar surface area (TPSA) is 94.9 Å². The molecule has 0 saturated heterocycles. The first kappa shape index (κ1) is 23.0. The van der Waals surface area contributed by atoms with Crippen LogP contribution in [0.1, 0.15) is 18.1 Å². The lowest BCUT2D eigenvalue weighted by Gasteiger charge is -2.11. The molecule has 0 N–H and O–H groups in total. The Morgan fingerprint density at radius 1 is 1.13 bits per heavy atom. The second kappa shape index (κ2) is 11.0. The van der Waals surface area contributed by atoms with E-state index in [0.717, 1.165) is 10.0 Å². The van der Waals surface area contributed by atoms with Crippen molar-refractivity contribution in [2.75, 3.05) is 20.3 Å². The maximum Gasteiger partial charge on any atom is 0.349 e. The molecule has 0 aliphatic heterocycles. The van der Waals surface area contributed by atoms with Crippen LogP contribution in [-0.2, 0) is 14.3 Å². The molecule has 0 atom stereocenters. The quantitative estimate of drug-likeness (QED) is 0.245. The van der Waals surface area contributed by atoms with Gasteiger partial charge in [-0.15, -0.1) is 0 Å². The normalized spacial score (nSPS) is 10.7. The summed E-state index contributed by atoms with van der Waals surface area (Å²) in [6.07, 6.45) is 1.37. The smallest absolute Gasteiger partial charge is 0.349 e. The van der Waals surface area contributed by atoms with Crippen molar-refractivity contribution in [3.05, 3.63) is 57.6 Å². The first-order chi connectivity index (χ1) is 14.4. The molecule has 7 nitrogen and oxygen atoms in total. The van der Waals surface area contributed by atoms with Crippen LogP contribution in [0.15, 0.2) is 46.4 Å². The van der Waals surface area contributed by atoms with Gasteiger partial charge in [0.15, 0.2) is 18.1 Å². The Kier molecular flexibility index (Phi) is 8.44. The number of carbonyl (C=O) groups excluding carboxylic acids is 2. The van der Waals surface area contributed by atoms with Crippen molar-refractivity contribution in [3.8, 4) is 23.3 Å². The van der Waals surface area contributed by atoms with Crippen LogP contribution in [0.5, 0.6) is 17.2 Å². The molecule has 0 aliphatic carbocycles. The SMILES string of the molecule is CCOC(=O)/C(C#N)=C/c1ccc(OC(=O)COc2ccc(C)cc2Br)c(OC)c1. The molecule has 0 heterocycles. The minimum absolute atomic E-state index is 0.152. The van der Waals surface area contributed by atoms with Crippen molar-refractivity contribution in [3.63, 3.8) is 0 Å². The number of rotatable bonds is 8. The number of aryl methyl sites for hydroxylation is 1. The lowest BCUT2D eigenvalue weighted by Crippen LogP contribution is -2.18. The molecule has 2 rings (SSSR count). The average molecular weight is 474 g/mol. The molecule has 0 unspecified atom stereocenters. The zero-order chi connectivity index (χ0) is 22.1. The van der Waals surface area contributed by atoms with Gasteiger partial charge in [-0.3, -0.25) is 0 Å². The van der Waals surface area contributed by atoms with Gasteiger partial charge in [-0.25, -0.2) is 9.59 Å². The van der Waals surface area contributed by atoms with Gasteiger partial charge in [0.2, 0.25) is 0 Å². The van der Waals surface area contributed by atoms with Gasteiger partial charge in [0, 0.05) is 0 Å². The lowest BCUT2D eigenvalue weighted by molar-refractivity contribution is -0.138. The molecule has 8 heteroatoms. The molecule has 0 saturated carbocycles. The van der Waals surface area contributed by atoms with Gasteiger partial charge in [-0.2, -0.15) is 5.26 Å². The number of hydrogen-bond acceptors (Lipinski definition) is 7. The molecule has 156 valence electrons. The summed E-state index contributed by atoms with van der Waals surface area (Å²) in [6.45, 7) is 3.46. The maximum absolute atomic E-state index is 12.2. The van der Waals surface area contributed by atoms with Gasteiger partial charge in [0.1, 0.15) is 17.4 Å². The van der Waals surface area contributed by atoms with Crippen molar-refractivity contribution >= 4 is 33.9 Å². The minimum atomic E-state index is -0.714. The predicted octanol–water partition coefficient (Wildman–Crippen LogP) is 4.22. The van der Waals surface area contributed by atoms with E-state index < -0.39 is 11.9 Å². The van der Waals surface area contributed by atoms with Gasteiger partial charge in [0.25, 0.3) is 0 Å². The molecule has 0 fully saturated rings. The second-order valence-corrected chi connectivity index (χ2v) is 6.85. The number of ether oxygens (including phenoxy) is 4. The summed E-state index contributed by atoms with van der Waals surface area (Å²) in [5, 5.41) is 9.14. The second-order valence-electron chi connectivity index (χ2n) is 6.00. The molecule has 0 bridgehead atoms. The lowest BCUT2D eigenvalue weighted by atomic mass is 10.1. The van der Waals surface area contributed by atoms with Gasteiger partial charge < -0.3 is 18.9 Å². The molecule has 0 amide bonds. The number of methoxy groups -OCH3 is 1. The summed E-state index contributed by atoms with van der Waals surface area (Å²) in [4.78, 5) is 23.9. The van der Waals surface area contributed by atoms with E-state index in [4.69, 9.17) is 24.2 Å². The Hall–Kier alpha value is -3.31. The van der Waals surface area contributed by atoms with Crippen LogP contribution in [0.3, 0.4) is 0 Å². The van der Waals surface area contributed by atoms with E-state index in [1.165, 1.54) is 25.3 Å². The minimum Gasteiger partial charge on any atom is -0.493 e. The van der Waals surface area contributed by atoms with E-state index in [1.807, 2.05) is 19.1 Å². The molecule has 0 radical (unpaired) electrons. The standard InChI is InChI=1S/C22H20BrNO6/c1-4-28-22(26)16(12-24)10-15-6-8-19(20(11-15)27-3)30-21(25)13-29-18-7-5-14(2)9-17(18)23/h5-11H,4,13H2,1-3H3/b16-10+. The molecular formula is C22H20BrNO6. The van der Waals surface area contributed by atoms with Crippen molar-refractivity contribution in [2.45, 2.75) is 13.8 Å². The number of benzene rings is 2. The summed E-state index contributed by atoms with van der Waals surface area (Å²) < 4.78 is 21.6. The Balaban J connectivity index is 2.10. The number of hydrogen-bond donors (Lipinski definition) is 0. The van der Waals surface area contributed by atoms with E-state index in [-0.39, 0.29) is 30.3 Å². The van der Waals surface area contributed by atoms with Crippen molar-refractivity contribution in [2.24, 2.45) is 0 Å².